The molecule has 2 aromatic heterocycles. The number of nitriles is 1. The number of nitrogens with one attached hydrogen (secondary N) is 1. The predicted molar refractivity (Wildman–Crippen MR) is 115 cm³/mol. The van der Waals surface area contributed by atoms with Crippen LogP contribution in [0.2, 0.25) is 0 Å². The van der Waals surface area contributed by atoms with Crippen molar-refractivity contribution in [1.82, 2.24) is 19.9 Å². The van der Waals surface area contributed by atoms with Crippen molar-refractivity contribution in [2.75, 3.05) is 31.1 Å². The van der Waals surface area contributed by atoms with Gasteiger partial charge in [0.25, 0.3) is 5.56 Å². The Morgan fingerprint density at radius 2 is 1.97 bits per heavy atom. The molecule has 0 amide bonds. The summed E-state index contributed by atoms with van der Waals surface area (Å²) in [6.07, 6.45) is 4.59. The summed E-state index contributed by atoms with van der Waals surface area (Å²) in [5, 5.41) is 8.96. The maximum Gasteiger partial charge on any atom is 0.261 e. The van der Waals surface area contributed by atoms with E-state index in [-0.39, 0.29) is 11.3 Å². The zero-order chi connectivity index (χ0) is 21.4. The molecule has 1 saturated heterocycles. The topological polar surface area (TPSA) is 88.9 Å². The van der Waals surface area contributed by atoms with Gasteiger partial charge >= 0.3 is 0 Å². The summed E-state index contributed by atoms with van der Waals surface area (Å²) in [5.41, 5.74) is 0.596. The smallest absolute Gasteiger partial charge is 0.261 e. The molecule has 158 valence electrons. The molecule has 2 aliphatic rings. The van der Waals surface area contributed by atoms with Gasteiger partial charge in [-0.05, 0) is 43.5 Å². The average molecular weight is 418 g/mol. The van der Waals surface area contributed by atoms with Gasteiger partial charge in [0.2, 0.25) is 0 Å². The number of pyridine rings is 1. The highest BCUT2D eigenvalue weighted by Gasteiger charge is 2.33. The van der Waals surface area contributed by atoms with Crippen LogP contribution in [0.4, 0.5) is 10.2 Å². The first kappa shape index (κ1) is 19.6. The highest BCUT2D eigenvalue weighted by molar-refractivity contribution is 5.78. The number of nitrogens with zero attached hydrogens (tertiary/aromatic N) is 5. The van der Waals surface area contributed by atoms with Crippen molar-refractivity contribution >= 4 is 16.7 Å². The molecule has 0 spiro atoms. The minimum absolute atomic E-state index is 0.0355. The van der Waals surface area contributed by atoms with Crippen molar-refractivity contribution in [2.45, 2.75) is 31.2 Å². The Morgan fingerprint density at radius 1 is 1.13 bits per heavy atom. The third-order valence-electron chi connectivity index (χ3n) is 6.52. The first-order valence-corrected chi connectivity index (χ1v) is 10.7. The molecule has 1 aromatic carbocycles. The molecule has 8 heteroatoms. The molecule has 2 fully saturated rings. The third kappa shape index (κ3) is 3.77. The second-order valence-electron chi connectivity index (χ2n) is 8.29. The number of H-pyrrole nitrogens is 1. The lowest BCUT2D eigenvalue weighted by molar-refractivity contribution is 0.185. The van der Waals surface area contributed by atoms with E-state index in [1.54, 1.807) is 24.4 Å². The first-order valence-electron chi connectivity index (χ1n) is 10.7. The van der Waals surface area contributed by atoms with Gasteiger partial charge in [0.1, 0.15) is 28.9 Å². The van der Waals surface area contributed by atoms with E-state index < -0.39 is 11.4 Å². The van der Waals surface area contributed by atoms with E-state index in [1.165, 1.54) is 6.07 Å². The summed E-state index contributed by atoms with van der Waals surface area (Å²) < 4.78 is 14.0. The summed E-state index contributed by atoms with van der Waals surface area (Å²) in [4.78, 5) is 29.0. The molecule has 31 heavy (non-hydrogen) atoms. The maximum atomic E-state index is 14.0. The number of aromatic nitrogens is 3. The van der Waals surface area contributed by atoms with Gasteiger partial charge in [-0.3, -0.25) is 9.69 Å². The van der Waals surface area contributed by atoms with E-state index in [1.807, 2.05) is 6.07 Å². The van der Waals surface area contributed by atoms with Crippen LogP contribution in [0, 0.1) is 17.1 Å². The van der Waals surface area contributed by atoms with Crippen molar-refractivity contribution in [3.8, 4) is 6.07 Å². The second-order valence-corrected chi connectivity index (χ2v) is 8.29. The highest BCUT2D eigenvalue weighted by atomic mass is 19.1. The van der Waals surface area contributed by atoms with Gasteiger partial charge in [-0.25, -0.2) is 14.4 Å². The van der Waals surface area contributed by atoms with Crippen LogP contribution in [-0.2, 0) is 0 Å². The zero-order valence-corrected chi connectivity index (χ0v) is 17.1. The molecule has 1 N–H and O–H groups in total. The summed E-state index contributed by atoms with van der Waals surface area (Å²) >= 11 is 0. The number of hydrogen-bond acceptors (Lipinski definition) is 6. The van der Waals surface area contributed by atoms with Crippen molar-refractivity contribution in [2.24, 2.45) is 0 Å². The average Bonchev–Trinajstić information content (AvgIpc) is 3.29. The number of aromatic amines is 1. The summed E-state index contributed by atoms with van der Waals surface area (Å²) in [7, 11) is 0. The van der Waals surface area contributed by atoms with Gasteiger partial charge < -0.3 is 9.88 Å². The van der Waals surface area contributed by atoms with Crippen LogP contribution in [0.15, 0.2) is 41.3 Å². The lowest BCUT2D eigenvalue weighted by atomic mass is 10.1. The van der Waals surface area contributed by atoms with Crippen LogP contribution in [0.5, 0.6) is 0 Å². The van der Waals surface area contributed by atoms with Gasteiger partial charge in [0, 0.05) is 44.3 Å². The Bertz CT molecular complexity index is 1190. The van der Waals surface area contributed by atoms with E-state index in [0.717, 1.165) is 51.3 Å². The molecule has 2 atom stereocenters. The largest absolute Gasteiger partial charge is 0.354 e. The van der Waals surface area contributed by atoms with Gasteiger partial charge in [0.15, 0.2) is 0 Å². The highest BCUT2D eigenvalue weighted by Crippen LogP contribution is 2.36. The quantitative estimate of drug-likeness (QED) is 0.704. The molecule has 1 aliphatic heterocycles. The Morgan fingerprint density at radius 3 is 2.71 bits per heavy atom. The van der Waals surface area contributed by atoms with Crippen LogP contribution in [0.3, 0.4) is 0 Å². The number of hydrogen-bond donors (Lipinski definition) is 1. The normalized spacial score (nSPS) is 22.0. The molecule has 0 unspecified atom stereocenters. The fourth-order valence-electron chi connectivity index (χ4n) is 4.85. The minimum atomic E-state index is -0.531. The first-order chi connectivity index (χ1) is 15.1. The maximum absolute atomic E-state index is 14.0. The number of anilines is 1. The number of halogens is 1. The number of rotatable bonds is 3. The molecule has 5 rings (SSSR count). The Labute approximate surface area is 179 Å². The summed E-state index contributed by atoms with van der Waals surface area (Å²) in [5.74, 6) is 1.24. The van der Waals surface area contributed by atoms with Crippen molar-refractivity contribution in [3.63, 3.8) is 0 Å². The van der Waals surface area contributed by atoms with Crippen molar-refractivity contribution in [1.29, 1.82) is 5.26 Å². The molecule has 3 aromatic rings. The zero-order valence-electron chi connectivity index (χ0n) is 17.1. The van der Waals surface area contributed by atoms with Gasteiger partial charge in [-0.1, -0.05) is 6.07 Å². The number of piperazine rings is 1. The number of benzene rings is 1. The van der Waals surface area contributed by atoms with Crippen molar-refractivity contribution < 1.29 is 4.39 Å². The standard InChI is InChI=1S/C23H23FN6O/c24-18-2-1-3-19-21(18)23(31)28-22(27-19)16-5-6-17(12-16)29-8-10-30(11-9-29)20-7-4-15(13-25)14-26-20/h1-4,7,14,16-17H,5-6,8-12H2,(H,27,28,31)/t16-,17+/m1/s1. The van der Waals surface area contributed by atoms with Crippen LogP contribution in [-0.4, -0.2) is 52.1 Å². The monoisotopic (exact) mass is 418 g/mol. The fraction of sp³-hybridized carbons (Fsp3) is 0.391. The van der Waals surface area contributed by atoms with Crippen LogP contribution in [0.1, 0.15) is 36.6 Å². The predicted octanol–water partition coefficient (Wildman–Crippen LogP) is 2.79. The van der Waals surface area contributed by atoms with Gasteiger partial charge in [0.05, 0.1) is 11.1 Å². The minimum Gasteiger partial charge on any atom is -0.354 e. The Hall–Kier alpha value is -3.31. The number of fused-ring (bicyclic) bond motifs is 1. The van der Waals surface area contributed by atoms with Crippen LogP contribution >= 0.6 is 0 Å². The SMILES string of the molecule is N#Cc1ccc(N2CCN([C@H]3CC[C@@H](c4nc5cccc(F)c5c(=O)[nH]4)C3)CC2)nc1. The van der Waals surface area contributed by atoms with Gasteiger partial charge in [-0.2, -0.15) is 5.26 Å². The second kappa shape index (κ2) is 8.08. The molecule has 0 radical (unpaired) electrons. The third-order valence-corrected chi connectivity index (χ3v) is 6.52. The molecule has 7 nitrogen and oxygen atoms in total. The van der Waals surface area contributed by atoms with E-state index in [2.05, 4.69) is 30.8 Å². The molecular weight excluding hydrogens is 395 g/mol. The molecule has 1 aliphatic carbocycles. The molecule has 0 bridgehead atoms. The fourth-order valence-corrected chi connectivity index (χ4v) is 4.85. The van der Waals surface area contributed by atoms with E-state index >= 15 is 0 Å². The molecule has 1 saturated carbocycles. The van der Waals surface area contributed by atoms with E-state index in [0.29, 0.717) is 22.9 Å². The Kier molecular flexibility index (Phi) is 5.12. The van der Waals surface area contributed by atoms with Gasteiger partial charge in [-0.15, -0.1) is 0 Å². The molecular formula is C23H23FN6O. The van der Waals surface area contributed by atoms with Crippen molar-refractivity contribution in [3.05, 3.63) is 64.1 Å². The Balaban J connectivity index is 1.24. The van der Waals surface area contributed by atoms with E-state index in [4.69, 9.17) is 5.26 Å². The summed E-state index contributed by atoms with van der Waals surface area (Å²) in [6, 6.07) is 10.8. The molecule has 3 heterocycles. The summed E-state index contributed by atoms with van der Waals surface area (Å²) in [6.45, 7) is 3.69. The van der Waals surface area contributed by atoms with Crippen LogP contribution < -0.4 is 10.5 Å². The lowest BCUT2D eigenvalue weighted by Crippen LogP contribution is -2.50. The van der Waals surface area contributed by atoms with Crippen LogP contribution in [0.25, 0.3) is 10.9 Å². The van der Waals surface area contributed by atoms with E-state index in [9.17, 15) is 9.18 Å². The lowest BCUT2D eigenvalue weighted by Gasteiger charge is -2.38.